The summed E-state index contributed by atoms with van der Waals surface area (Å²) in [5, 5.41) is 0. The van der Waals surface area contributed by atoms with Crippen molar-refractivity contribution in [1.82, 2.24) is 9.80 Å². The van der Waals surface area contributed by atoms with E-state index in [1.165, 1.54) is 0 Å². The summed E-state index contributed by atoms with van der Waals surface area (Å²) in [4.78, 5) is 30.6. The van der Waals surface area contributed by atoms with Gasteiger partial charge < -0.3 is 13.9 Å². The molecule has 2 aliphatic heterocycles. The number of nitrogens with zero attached hydrogens (tertiary/aromatic N) is 2. The average molecular weight is 519 g/mol. The van der Waals surface area contributed by atoms with Gasteiger partial charge in [-0.15, -0.1) is 0 Å². The van der Waals surface area contributed by atoms with Crippen molar-refractivity contribution in [3.63, 3.8) is 0 Å². The van der Waals surface area contributed by atoms with Gasteiger partial charge >= 0.3 is 12.2 Å². The Morgan fingerprint density at radius 2 is 1.64 bits per heavy atom. The van der Waals surface area contributed by atoms with Gasteiger partial charge in [0.15, 0.2) is 8.32 Å². The van der Waals surface area contributed by atoms with E-state index in [1.807, 2.05) is 60.9 Å². The first-order chi connectivity index (χ1) is 17.1. The van der Waals surface area contributed by atoms with Crippen LogP contribution in [0, 0.1) is 0 Å². The zero-order valence-electron chi connectivity index (χ0n) is 23.3. The lowest BCUT2D eigenvalue weighted by Gasteiger charge is -2.50. The van der Waals surface area contributed by atoms with Gasteiger partial charge in [-0.1, -0.05) is 58.0 Å². The number of hydrogen-bond donors (Lipinski definition) is 0. The molecule has 8 heteroatoms. The predicted molar refractivity (Wildman–Crippen MR) is 144 cm³/mol. The van der Waals surface area contributed by atoms with Crippen LogP contribution >= 0.6 is 0 Å². The Labute approximate surface area is 218 Å². The zero-order valence-corrected chi connectivity index (χ0v) is 24.3. The molecule has 2 amide bonds. The van der Waals surface area contributed by atoms with Crippen LogP contribution in [-0.4, -0.2) is 66.7 Å². The molecule has 4 atom stereocenters. The summed E-state index contributed by atoms with van der Waals surface area (Å²) in [5.74, 6) is 0. The largest absolute Gasteiger partial charge is 0.445 e. The van der Waals surface area contributed by atoms with E-state index in [4.69, 9.17) is 13.9 Å². The van der Waals surface area contributed by atoms with Gasteiger partial charge in [-0.3, -0.25) is 9.80 Å². The number of hydrogen-bond acceptors (Lipinski definition) is 5. The van der Waals surface area contributed by atoms with Gasteiger partial charge in [-0.05, 0) is 63.7 Å². The summed E-state index contributed by atoms with van der Waals surface area (Å²) in [5.41, 5.74) is 0.378. The Hall–Kier alpha value is -2.06. The normalized spacial score (nSPS) is 22.9. The van der Waals surface area contributed by atoms with E-state index in [2.05, 4.69) is 27.7 Å². The molecule has 3 rings (SSSR count). The molecule has 0 aromatic heterocycles. The van der Waals surface area contributed by atoms with Crippen molar-refractivity contribution in [2.24, 2.45) is 0 Å². The fourth-order valence-electron chi connectivity index (χ4n) is 5.74. The molecule has 0 radical (unpaired) electrons. The number of ether oxygens (including phenoxy) is 2. The topological polar surface area (TPSA) is 68.3 Å². The number of carbonyl (C=O) groups excluding carboxylic acids is 2. The molecule has 7 nitrogen and oxygen atoms in total. The summed E-state index contributed by atoms with van der Waals surface area (Å²) >= 11 is 0. The number of rotatable bonds is 9. The van der Waals surface area contributed by atoms with Crippen LogP contribution in [0.1, 0.15) is 73.3 Å². The van der Waals surface area contributed by atoms with Crippen molar-refractivity contribution in [2.45, 2.75) is 122 Å². The lowest BCUT2D eigenvalue weighted by atomic mass is 9.96. The van der Waals surface area contributed by atoms with E-state index in [0.29, 0.717) is 6.54 Å². The molecule has 0 N–H and O–H groups in total. The molecule has 202 valence electrons. The van der Waals surface area contributed by atoms with E-state index < -0.39 is 13.9 Å². The molecule has 0 spiro atoms. The first-order valence-corrected chi connectivity index (χ1v) is 16.3. The molecule has 2 saturated heterocycles. The van der Waals surface area contributed by atoms with Crippen molar-refractivity contribution in [2.75, 3.05) is 6.54 Å². The summed E-state index contributed by atoms with van der Waals surface area (Å²) in [6.07, 6.45) is 1.66. The van der Waals surface area contributed by atoms with E-state index in [1.54, 1.807) is 0 Å². The van der Waals surface area contributed by atoms with Crippen LogP contribution in [0.5, 0.6) is 0 Å². The van der Waals surface area contributed by atoms with Crippen LogP contribution in [0.15, 0.2) is 30.3 Å². The molecule has 2 bridgehead atoms. The van der Waals surface area contributed by atoms with Crippen molar-refractivity contribution in [1.29, 1.82) is 0 Å². The second-order valence-corrected chi connectivity index (χ2v) is 15.9. The van der Waals surface area contributed by atoms with Gasteiger partial charge in [-0.2, -0.15) is 0 Å². The van der Waals surface area contributed by atoms with Crippen molar-refractivity contribution in [3.8, 4) is 0 Å². The SMILES string of the molecule is CC[C@H](O[Si](CC)(CC)CC)[C@@H]1[C@@H]2CC[C@H](CN1C(=O)OCc1ccccc1)N2C(=O)OC(C)(C)C. The minimum Gasteiger partial charge on any atom is -0.445 e. The second kappa shape index (κ2) is 12.0. The molecule has 1 aromatic carbocycles. The van der Waals surface area contributed by atoms with Gasteiger partial charge in [0.05, 0.1) is 24.2 Å². The molecular weight excluding hydrogens is 472 g/mol. The fourth-order valence-corrected chi connectivity index (χ4v) is 8.69. The summed E-state index contributed by atoms with van der Waals surface area (Å²) in [7, 11) is -1.95. The third-order valence-corrected chi connectivity index (χ3v) is 12.5. The maximum atomic E-state index is 13.5. The third kappa shape index (κ3) is 6.43. The number of piperazine rings is 1. The molecule has 36 heavy (non-hydrogen) atoms. The minimum absolute atomic E-state index is 0.0755. The van der Waals surface area contributed by atoms with E-state index >= 15 is 0 Å². The Kier molecular flexibility index (Phi) is 9.49. The second-order valence-electron chi connectivity index (χ2n) is 11.2. The summed E-state index contributed by atoms with van der Waals surface area (Å²) in [6.45, 7) is 15.1. The molecule has 0 unspecified atom stereocenters. The summed E-state index contributed by atoms with van der Waals surface area (Å²) in [6, 6.07) is 12.4. The highest BCUT2D eigenvalue weighted by Crippen LogP contribution is 2.39. The van der Waals surface area contributed by atoms with E-state index in [0.717, 1.165) is 43.0 Å². The number of benzene rings is 1. The van der Waals surface area contributed by atoms with Crippen molar-refractivity contribution >= 4 is 20.5 Å². The molecule has 1 aromatic rings. The van der Waals surface area contributed by atoms with Crippen molar-refractivity contribution < 1.29 is 23.5 Å². The Balaban J connectivity index is 1.90. The fraction of sp³-hybridized carbons (Fsp3) is 0.714. The molecule has 0 aliphatic carbocycles. The van der Waals surface area contributed by atoms with E-state index in [9.17, 15) is 9.59 Å². The minimum atomic E-state index is -1.95. The van der Waals surface area contributed by atoms with Crippen LogP contribution in [0.2, 0.25) is 18.1 Å². The maximum absolute atomic E-state index is 13.5. The molecule has 0 saturated carbocycles. The Morgan fingerprint density at radius 1 is 1.00 bits per heavy atom. The quantitative estimate of drug-likeness (QED) is 0.346. The molecular formula is C28H46N2O5Si. The average Bonchev–Trinajstić information content (AvgIpc) is 3.18. The van der Waals surface area contributed by atoms with Crippen molar-refractivity contribution in [3.05, 3.63) is 35.9 Å². The van der Waals surface area contributed by atoms with Crippen LogP contribution in [-0.2, 0) is 20.5 Å². The van der Waals surface area contributed by atoms with E-state index in [-0.39, 0.29) is 43.0 Å². The molecule has 2 fully saturated rings. The van der Waals surface area contributed by atoms with Gasteiger partial charge in [-0.25, -0.2) is 9.59 Å². The van der Waals surface area contributed by atoms with Crippen LogP contribution in [0.4, 0.5) is 9.59 Å². The Morgan fingerprint density at radius 3 is 2.19 bits per heavy atom. The van der Waals surface area contributed by atoms with Gasteiger partial charge in [0.25, 0.3) is 0 Å². The highest BCUT2D eigenvalue weighted by molar-refractivity contribution is 6.73. The summed E-state index contributed by atoms with van der Waals surface area (Å²) < 4.78 is 18.6. The lowest BCUT2D eigenvalue weighted by Crippen LogP contribution is -2.67. The number of carbonyl (C=O) groups is 2. The monoisotopic (exact) mass is 518 g/mol. The number of likely N-dealkylation sites (tertiary alicyclic amines) is 1. The van der Waals surface area contributed by atoms with Gasteiger partial charge in [0.2, 0.25) is 0 Å². The van der Waals surface area contributed by atoms with Crippen LogP contribution < -0.4 is 0 Å². The smallest absolute Gasteiger partial charge is 0.410 e. The van der Waals surface area contributed by atoms with Crippen LogP contribution in [0.3, 0.4) is 0 Å². The zero-order chi connectivity index (χ0) is 26.5. The standard InChI is InChI=1S/C28H46N2O5Si/c1-8-24(35-36(9-2,10-3)11-4)25-23-18-17-22(30(23)27(32)34-28(5,6)7)19-29(25)26(31)33-20-21-15-13-12-14-16-21/h12-16,22-25H,8-11,17-20H2,1-7H3/t22-,23+,24+,25+/m1/s1. The van der Waals surface area contributed by atoms with Gasteiger partial charge in [0, 0.05) is 6.54 Å². The number of amides is 2. The molecule has 2 aliphatic rings. The van der Waals surface area contributed by atoms with Gasteiger partial charge in [0.1, 0.15) is 12.2 Å². The first kappa shape index (κ1) is 28.5. The first-order valence-electron chi connectivity index (χ1n) is 13.7. The highest BCUT2D eigenvalue weighted by Gasteiger charge is 2.54. The van der Waals surface area contributed by atoms with Crippen LogP contribution in [0.25, 0.3) is 0 Å². The molecule has 2 heterocycles. The maximum Gasteiger partial charge on any atom is 0.410 e. The highest BCUT2D eigenvalue weighted by atomic mass is 28.4. The number of fused-ring (bicyclic) bond motifs is 2. The lowest BCUT2D eigenvalue weighted by molar-refractivity contribution is -0.0498. The third-order valence-electron chi connectivity index (χ3n) is 7.87. The Bertz CT molecular complexity index is 862. The predicted octanol–water partition coefficient (Wildman–Crippen LogP) is 6.58.